The van der Waals surface area contributed by atoms with E-state index in [0.717, 1.165) is 34.1 Å². The molecular formula is C59H43N3. The summed E-state index contributed by atoms with van der Waals surface area (Å²) >= 11 is 0. The van der Waals surface area contributed by atoms with Gasteiger partial charge in [0.2, 0.25) is 0 Å². The van der Waals surface area contributed by atoms with E-state index in [2.05, 4.69) is 253 Å². The number of benzene rings is 10. The minimum absolute atomic E-state index is 0.248. The van der Waals surface area contributed by atoms with Crippen LogP contribution in [0.1, 0.15) is 25.0 Å². The molecule has 0 aliphatic heterocycles. The molecule has 11 aromatic rings. The Morgan fingerprint density at radius 2 is 0.855 bits per heavy atom. The second-order valence-electron chi connectivity index (χ2n) is 17.0. The number of aromatic nitrogens is 1. The molecule has 3 heteroatoms. The summed E-state index contributed by atoms with van der Waals surface area (Å²) in [7, 11) is 0. The fraction of sp³-hybridized carbons (Fsp3) is 0.0508. The molecular weight excluding hydrogens is 751 g/mol. The molecule has 0 radical (unpaired) electrons. The summed E-state index contributed by atoms with van der Waals surface area (Å²) in [4.78, 5) is 4.76. The first-order valence-electron chi connectivity index (χ1n) is 21.5. The fourth-order valence-corrected chi connectivity index (χ4v) is 10.1. The maximum atomic E-state index is 2.46. The highest BCUT2D eigenvalue weighted by Gasteiger charge is 2.37. The molecule has 0 amide bonds. The van der Waals surface area contributed by atoms with Crippen LogP contribution in [0.2, 0.25) is 0 Å². The number of fused-ring (bicyclic) bond motifs is 8. The zero-order valence-electron chi connectivity index (χ0n) is 34.7. The predicted molar refractivity (Wildman–Crippen MR) is 263 cm³/mol. The van der Waals surface area contributed by atoms with Crippen LogP contribution in [0.25, 0.3) is 60.2 Å². The first kappa shape index (κ1) is 36.0. The highest BCUT2D eigenvalue weighted by Crippen LogP contribution is 2.52. The van der Waals surface area contributed by atoms with E-state index in [1.54, 1.807) is 0 Å². The van der Waals surface area contributed by atoms with Crippen molar-refractivity contribution in [2.45, 2.75) is 19.3 Å². The van der Waals surface area contributed by atoms with Crippen LogP contribution in [0.4, 0.5) is 34.1 Å². The molecule has 0 saturated heterocycles. The Labute approximate surface area is 362 Å². The van der Waals surface area contributed by atoms with Crippen molar-refractivity contribution in [3.63, 3.8) is 0 Å². The van der Waals surface area contributed by atoms with Crippen molar-refractivity contribution < 1.29 is 0 Å². The number of rotatable bonds is 7. The number of anilines is 6. The van der Waals surface area contributed by atoms with Crippen molar-refractivity contribution >= 4 is 77.5 Å². The van der Waals surface area contributed by atoms with Gasteiger partial charge in [-0.2, -0.15) is 0 Å². The van der Waals surface area contributed by atoms with Gasteiger partial charge in [0.05, 0.1) is 16.7 Å². The van der Waals surface area contributed by atoms with Gasteiger partial charge in [-0.1, -0.05) is 141 Å². The van der Waals surface area contributed by atoms with Gasteiger partial charge in [-0.15, -0.1) is 0 Å². The smallest absolute Gasteiger partial charge is 0.0547 e. The molecule has 1 heterocycles. The lowest BCUT2D eigenvalue weighted by Crippen LogP contribution is -2.17. The van der Waals surface area contributed by atoms with E-state index in [0.29, 0.717) is 0 Å². The van der Waals surface area contributed by atoms with Crippen molar-refractivity contribution in [1.29, 1.82) is 0 Å². The van der Waals surface area contributed by atoms with Crippen LogP contribution < -0.4 is 9.80 Å². The molecule has 62 heavy (non-hydrogen) atoms. The third-order valence-electron chi connectivity index (χ3n) is 13.1. The summed E-state index contributed by atoms with van der Waals surface area (Å²) in [5, 5.41) is 7.49. The van der Waals surface area contributed by atoms with Gasteiger partial charge in [-0.25, -0.2) is 0 Å². The van der Waals surface area contributed by atoms with Crippen LogP contribution in [0.15, 0.2) is 224 Å². The molecule has 1 aromatic heterocycles. The van der Waals surface area contributed by atoms with Gasteiger partial charge in [-0.3, -0.25) is 0 Å². The standard InChI is InChI=1S/C59H43N3/c1-59(2)54-38-47(32-34-50(54)51-35-33-48(39-55(51)59)62-57-26-14-13-25-52(57)53-36-41-17-9-10-18-42(41)37-58(53)62)61(56-27-15-19-40-16-11-12-24-49(40)56)46-30-28-45(29-31-46)60(43-20-5-3-6-21-43)44-22-7-4-8-23-44/h3-39H,1-2H3. The minimum atomic E-state index is -0.248. The fourth-order valence-electron chi connectivity index (χ4n) is 10.1. The topological polar surface area (TPSA) is 11.4 Å². The molecule has 1 aliphatic carbocycles. The summed E-state index contributed by atoms with van der Waals surface area (Å²) in [6.45, 7) is 4.78. The van der Waals surface area contributed by atoms with Crippen molar-refractivity contribution in [1.82, 2.24) is 4.57 Å². The Hall–Kier alpha value is -7.88. The normalized spacial score (nSPS) is 12.8. The third-order valence-corrected chi connectivity index (χ3v) is 13.1. The highest BCUT2D eigenvalue weighted by atomic mass is 15.2. The van der Waals surface area contributed by atoms with Crippen LogP contribution in [-0.4, -0.2) is 4.57 Å². The monoisotopic (exact) mass is 793 g/mol. The summed E-state index contributed by atoms with van der Waals surface area (Å²) in [5.41, 5.74) is 15.4. The van der Waals surface area contributed by atoms with Gasteiger partial charge in [0, 0.05) is 55.7 Å². The van der Waals surface area contributed by atoms with Gasteiger partial charge in [0.1, 0.15) is 0 Å². The van der Waals surface area contributed by atoms with Crippen LogP contribution in [0, 0.1) is 0 Å². The van der Waals surface area contributed by atoms with E-state index in [9.17, 15) is 0 Å². The molecule has 12 rings (SSSR count). The zero-order valence-corrected chi connectivity index (χ0v) is 34.7. The molecule has 0 unspecified atom stereocenters. The molecule has 0 fully saturated rings. The third kappa shape index (κ3) is 5.66. The van der Waals surface area contributed by atoms with E-state index in [-0.39, 0.29) is 5.41 Å². The Morgan fingerprint density at radius 3 is 1.56 bits per heavy atom. The number of nitrogens with zero attached hydrogens (tertiary/aromatic N) is 3. The van der Waals surface area contributed by atoms with Crippen LogP contribution in [0.3, 0.4) is 0 Å². The summed E-state index contributed by atoms with van der Waals surface area (Å²) < 4.78 is 2.46. The van der Waals surface area contributed by atoms with Crippen molar-refractivity contribution in [3.8, 4) is 16.8 Å². The number of para-hydroxylation sites is 3. The molecule has 0 N–H and O–H groups in total. The summed E-state index contributed by atoms with van der Waals surface area (Å²) in [5.74, 6) is 0. The van der Waals surface area contributed by atoms with E-state index in [1.807, 2.05) is 0 Å². The van der Waals surface area contributed by atoms with Crippen molar-refractivity contribution in [2.75, 3.05) is 9.80 Å². The van der Waals surface area contributed by atoms with Gasteiger partial charge in [-0.05, 0) is 135 Å². The lowest BCUT2D eigenvalue weighted by Gasteiger charge is -2.30. The Morgan fingerprint density at radius 1 is 0.339 bits per heavy atom. The van der Waals surface area contributed by atoms with Gasteiger partial charge in [0.15, 0.2) is 0 Å². The number of hydrogen-bond donors (Lipinski definition) is 0. The highest BCUT2D eigenvalue weighted by molar-refractivity contribution is 6.13. The largest absolute Gasteiger partial charge is 0.311 e. The Balaban J connectivity index is 0.986. The summed E-state index contributed by atoms with van der Waals surface area (Å²) in [6.07, 6.45) is 0. The lowest BCUT2D eigenvalue weighted by molar-refractivity contribution is 0.660. The lowest BCUT2D eigenvalue weighted by atomic mass is 9.82. The SMILES string of the molecule is CC1(C)c2cc(N(c3ccc(N(c4ccccc4)c4ccccc4)cc3)c3cccc4ccccc34)ccc2-c2ccc(-n3c4ccccc4c4cc5ccccc5cc43)cc21. The van der Waals surface area contributed by atoms with Crippen molar-refractivity contribution in [3.05, 3.63) is 236 Å². The number of hydrogen-bond acceptors (Lipinski definition) is 2. The van der Waals surface area contributed by atoms with Gasteiger partial charge < -0.3 is 14.4 Å². The maximum absolute atomic E-state index is 2.46. The average molecular weight is 794 g/mol. The second-order valence-corrected chi connectivity index (χ2v) is 17.0. The molecule has 294 valence electrons. The molecule has 0 atom stereocenters. The summed E-state index contributed by atoms with van der Waals surface area (Å²) in [6, 6.07) is 82.1. The Bertz CT molecular complexity index is 3450. The molecule has 0 bridgehead atoms. The average Bonchev–Trinajstić information content (AvgIpc) is 3.76. The zero-order chi connectivity index (χ0) is 41.4. The van der Waals surface area contributed by atoms with E-state index in [4.69, 9.17) is 0 Å². The van der Waals surface area contributed by atoms with Crippen LogP contribution in [0.5, 0.6) is 0 Å². The van der Waals surface area contributed by atoms with Crippen LogP contribution in [-0.2, 0) is 5.41 Å². The van der Waals surface area contributed by atoms with Gasteiger partial charge in [0.25, 0.3) is 0 Å². The predicted octanol–water partition coefficient (Wildman–Crippen LogP) is 16.3. The van der Waals surface area contributed by atoms with E-state index >= 15 is 0 Å². The minimum Gasteiger partial charge on any atom is -0.311 e. The molecule has 10 aromatic carbocycles. The second kappa shape index (κ2) is 14.1. The molecule has 1 aliphatic rings. The van der Waals surface area contributed by atoms with E-state index < -0.39 is 0 Å². The quantitative estimate of drug-likeness (QED) is 0.159. The first-order chi connectivity index (χ1) is 30.5. The molecule has 3 nitrogen and oxygen atoms in total. The van der Waals surface area contributed by atoms with Crippen LogP contribution >= 0.6 is 0 Å². The molecule has 0 spiro atoms. The van der Waals surface area contributed by atoms with Crippen molar-refractivity contribution in [2.24, 2.45) is 0 Å². The van der Waals surface area contributed by atoms with E-state index in [1.165, 1.54) is 71.3 Å². The Kier molecular flexibility index (Phi) is 8.20. The molecule has 0 saturated carbocycles. The first-order valence-corrected chi connectivity index (χ1v) is 21.5. The maximum Gasteiger partial charge on any atom is 0.0547 e. The van der Waals surface area contributed by atoms with Gasteiger partial charge >= 0.3 is 0 Å².